The van der Waals surface area contributed by atoms with Gasteiger partial charge in [0.05, 0.1) is 6.04 Å². The van der Waals surface area contributed by atoms with E-state index in [0.29, 0.717) is 26.1 Å². The van der Waals surface area contributed by atoms with Crippen LogP contribution in [0.5, 0.6) is 0 Å². The predicted molar refractivity (Wildman–Crippen MR) is 93.7 cm³/mol. The van der Waals surface area contributed by atoms with E-state index in [4.69, 9.17) is 4.74 Å². The average molecular weight is 332 g/mol. The van der Waals surface area contributed by atoms with Gasteiger partial charge in [-0.2, -0.15) is 0 Å². The lowest BCUT2D eigenvalue weighted by Gasteiger charge is -2.42. The Hall–Kier alpha value is -2.04. The highest BCUT2D eigenvalue weighted by atomic mass is 16.6. The Morgan fingerprint density at radius 1 is 1.21 bits per heavy atom. The van der Waals surface area contributed by atoms with Crippen molar-refractivity contribution in [1.82, 2.24) is 9.80 Å². The number of amides is 2. The van der Waals surface area contributed by atoms with E-state index in [9.17, 15) is 9.59 Å². The average Bonchev–Trinajstić information content (AvgIpc) is 2.52. The van der Waals surface area contributed by atoms with E-state index in [1.807, 2.05) is 63.8 Å². The van der Waals surface area contributed by atoms with Crippen LogP contribution in [0.1, 0.15) is 51.3 Å². The van der Waals surface area contributed by atoms with Crippen LogP contribution in [0, 0.1) is 6.92 Å². The summed E-state index contributed by atoms with van der Waals surface area (Å²) in [6.45, 7) is 11.0. The van der Waals surface area contributed by atoms with E-state index in [1.165, 1.54) is 0 Å². The van der Waals surface area contributed by atoms with Crippen molar-refractivity contribution in [3.63, 3.8) is 0 Å². The normalized spacial score (nSPS) is 18.5. The standard InChI is InChI=1S/C19H28N2O3/c1-6-17(22)20-11-12-21(18(23)24-19(3,4)5)16(13-20)15-10-8-7-9-14(15)2/h7-10,16H,6,11-13H2,1-5H3. The number of piperazine rings is 1. The molecule has 0 bridgehead atoms. The van der Waals surface area contributed by atoms with E-state index >= 15 is 0 Å². The molecule has 1 aromatic carbocycles. The minimum atomic E-state index is -0.538. The number of nitrogens with zero attached hydrogens (tertiary/aromatic N) is 2. The highest BCUT2D eigenvalue weighted by Crippen LogP contribution is 2.29. The Bertz CT molecular complexity index is 607. The fourth-order valence-corrected chi connectivity index (χ4v) is 3.00. The zero-order valence-corrected chi connectivity index (χ0v) is 15.3. The molecule has 1 saturated heterocycles. The molecule has 0 radical (unpaired) electrons. The van der Waals surface area contributed by atoms with Crippen molar-refractivity contribution in [2.75, 3.05) is 19.6 Å². The summed E-state index contributed by atoms with van der Waals surface area (Å²) in [6, 6.07) is 7.83. The quantitative estimate of drug-likeness (QED) is 0.832. The summed E-state index contributed by atoms with van der Waals surface area (Å²) in [7, 11) is 0. The second-order valence-corrected chi connectivity index (χ2v) is 7.24. The summed E-state index contributed by atoms with van der Waals surface area (Å²) in [5.41, 5.74) is 1.64. The number of rotatable bonds is 2. The first-order chi connectivity index (χ1) is 11.2. The van der Waals surface area contributed by atoms with Gasteiger partial charge in [0.2, 0.25) is 5.91 Å². The molecule has 1 atom stereocenters. The molecule has 5 heteroatoms. The van der Waals surface area contributed by atoms with E-state index in [1.54, 1.807) is 4.90 Å². The van der Waals surface area contributed by atoms with Crippen molar-refractivity contribution in [2.45, 2.75) is 52.7 Å². The molecule has 0 aromatic heterocycles. The van der Waals surface area contributed by atoms with Gasteiger partial charge in [-0.05, 0) is 38.8 Å². The summed E-state index contributed by atoms with van der Waals surface area (Å²) < 4.78 is 5.57. The zero-order chi connectivity index (χ0) is 17.9. The Balaban J connectivity index is 2.30. The van der Waals surface area contributed by atoms with Gasteiger partial charge >= 0.3 is 6.09 Å². The molecule has 5 nitrogen and oxygen atoms in total. The molecule has 24 heavy (non-hydrogen) atoms. The first kappa shape index (κ1) is 18.3. The van der Waals surface area contributed by atoms with Gasteiger partial charge in [-0.15, -0.1) is 0 Å². The van der Waals surface area contributed by atoms with Gasteiger partial charge in [-0.3, -0.25) is 9.69 Å². The first-order valence-corrected chi connectivity index (χ1v) is 8.56. The lowest BCUT2D eigenvalue weighted by molar-refractivity contribution is -0.134. The Morgan fingerprint density at radius 2 is 1.88 bits per heavy atom. The summed E-state index contributed by atoms with van der Waals surface area (Å²) in [4.78, 5) is 28.4. The molecular weight excluding hydrogens is 304 g/mol. The van der Waals surface area contributed by atoms with Gasteiger partial charge in [0, 0.05) is 26.1 Å². The molecule has 132 valence electrons. The van der Waals surface area contributed by atoms with Crippen LogP contribution in [0.4, 0.5) is 4.79 Å². The van der Waals surface area contributed by atoms with Crippen LogP contribution < -0.4 is 0 Å². The van der Waals surface area contributed by atoms with Crippen molar-refractivity contribution >= 4 is 12.0 Å². The fraction of sp³-hybridized carbons (Fsp3) is 0.579. The molecule has 1 aromatic rings. The molecule has 0 aliphatic carbocycles. The molecule has 1 heterocycles. The molecule has 2 amide bonds. The highest BCUT2D eigenvalue weighted by molar-refractivity contribution is 5.76. The molecule has 1 aliphatic rings. The number of benzene rings is 1. The number of ether oxygens (including phenoxy) is 1. The van der Waals surface area contributed by atoms with Crippen LogP contribution in [0.2, 0.25) is 0 Å². The third-order valence-corrected chi connectivity index (χ3v) is 4.21. The summed E-state index contributed by atoms with van der Waals surface area (Å²) in [6.07, 6.45) is 0.159. The fourth-order valence-electron chi connectivity index (χ4n) is 3.00. The largest absolute Gasteiger partial charge is 0.444 e. The van der Waals surface area contributed by atoms with Crippen molar-refractivity contribution in [3.8, 4) is 0 Å². The van der Waals surface area contributed by atoms with Crippen LogP contribution in [0.3, 0.4) is 0 Å². The predicted octanol–water partition coefficient (Wildman–Crippen LogP) is 3.53. The van der Waals surface area contributed by atoms with Gasteiger partial charge in [0.1, 0.15) is 5.60 Å². The molecule has 1 aliphatic heterocycles. The molecular formula is C19H28N2O3. The number of carbonyl (C=O) groups excluding carboxylic acids is 2. The second-order valence-electron chi connectivity index (χ2n) is 7.24. The monoisotopic (exact) mass is 332 g/mol. The minimum Gasteiger partial charge on any atom is -0.444 e. The molecule has 0 spiro atoms. The number of hydrogen-bond acceptors (Lipinski definition) is 3. The van der Waals surface area contributed by atoms with Crippen LogP contribution in [-0.4, -0.2) is 47.0 Å². The minimum absolute atomic E-state index is 0.123. The van der Waals surface area contributed by atoms with Crippen LogP contribution in [0.15, 0.2) is 24.3 Å². The third-order valence-electron chi connectivity index (χ3n) is 4.21. The van der Waals surface area contributed by atoms with Gasteiger partial charge in [-0.25, -0.2) is 4.79 Å². The van der Waals surface area contributed by atoms with Gasteiger partial charge in [0.25, 0.3) is 0 Å². The number of hydrogen-bond donors (Lipinski definition) is 0. The van der Waals surface area contributed by atoms with Gasteiger partial charge in [0.15, 0.2) is 0 Å². The van der Waals surface area contributed by atoms with Crippen molar-refractivity contribution in [3.05, 3.63) is 35.4 Å². The maximum absolute atomic E-state index is 12.7. The Morgan fingerprint density at radius 3 is 2.46 bits per heavy atom. The van der Waals surface area contributed by atoms with Crippen molar-refractivity contribution in [1.29, 1.82) is 0 Å². The van der Waals surface area contributed by atoms with Crippen molar-refractivity contribution in [2.24, 2.45) is 0 Å². The van der Waals surface area contributed by atoms with E-state index in [2.05, 4.69) is 0 Å². The highest BCUT2D eigenvalue weighted by Gasteiger charge is 2.35. The SMILES string of the molecule is CCC(=O)N1CCN(C(=O)OC(C)(C)C)C(c2ccccc2C)C1. The summed E-state index contributed by atoms with van der Waals surface area (Å²) >= 11 is 0. The molecule has 0 saturated carbocycles. The molecule has 1 unspecified atom stereocenters. The van der Waals surface area contributed by atoms with E-state index in [-0.39, 0.29) is 18.0 Å². The number of aryl methyl sites for hydroxylation is 1. The van der Waals surface area contributed by atoms with Crippen LogP contribution >= 0.6 is 0 Å². The summed E-state index contributed by atoms with van der Waals surface area (Å²) in [5, 5.41) is 0. The first-order valence-electron chi connectivity index (χ1n) is 8.56. The molecule has 0 N–H and O–H groups in total. The maximum Gasteiger partial charge on any atom is 0.410 e. The van der Waals surface area contributed by atoms with E-state index in [0.717, 1.165) is 11.1 Å². The van der Waals surface area contributed by atoms with Crippen LogP contribution in [0.25, 0.3) is 0 Å². The van der Waals surface area contributed by atoms with Crippen molar-refractivity contribution < 1.29 is 14.3 Å². The maximum atomic E-state index is 12.7. The molecule has 1 fully saturated rings. The van der Waals surface area contributed by atoms with Crippen LogP contribution in [-0.2, 0) is 9.53 Å². The number of carbonyl (C=O) groups is 2. The molecule has 2 rings (SSSR count). The van der Waals surface area contributed by atoms with E-state index < -0.39 is 5.60 Å². The zero-order valence-electron chi connectivity index (χ0n) is 15.3. The Kier molecular flexibility index (Phi) is 5.52. The van der Waals surface area contributed by atoms with Gasteiger partial charge < -0.3 is 9.64 Å². The summed E-state index contributed by atoms with van der Waals surface area (Å²) in [5.74, 6) is 0.123. The topological polar surface area (TPSA) is 49.9 Å². The smallest absolute Gasteiger partial charge is 0.410 e. The van der Waals surface area contributed by atoms with Gasteiger partial charge in [-0.1, -0.05) is 31.2 Å². The lowest BCUT2D eigenvalue weighted by Crippen LogP contribution is -2.53. The lowest BCUT2D eigenvalue weighted by atomic mass is 9.98. The third kappa shape index (κ3) is 4.28. The second kappa shape index (κ2) is 7.24. The Labute approximate surface area is 144 Å².